The maximum atomic E-state index is 12.5. The molecule has 0 aliphatic rings. The molecule has 98 valence electrons. The zero-order valence-corrected chi connectivity index (χ0v) is 8.50. The molecule has 1 rings (SSSR count). The molecule has 0 amide bonds. The van der Waals surface area contributed by atoms with Crippen molar-refractivity contribution in [3.8, 4) is 5.75 Å². The van der Waals surface area contributed by atoms with Crippen molar-refractivity contribution in [2.24, 2.45) is 0 Å². The highest BCUT2D eigenvalue weighted by atomic mass is 19.4. The van der Waals surface area contributed by atoms with Crippen LogP contribution in [0.15, 0.2) is 12.1 Å². The lowest BCUT2D eigenvalue weighted by molar-refractivity contribution is -0.274. The second kappa shape index (κ2) is 5.11. The van der Waals surface area contributed by atoms with Crippen LogP contribution in [0.25, 0.3) is 0 Å². The van der Waals surface area contributed by atoms with Crippen LogP contribution in [-0.2, 0) is 0 Å². The van der Waals surface area contributed by atoms with Gasteiger partial charge in [0.2, 0.25) is 0 Å². The summed E-state index contributed by atoms with van der Waals surface area (Å²) in [6, 6.07) is 1.20. The molecule has 0 saturated carbocycles. The smallest absolute Gasteiger partial charge is 0.405 e. The van der Waals surface area contributed by atoms with Gasteiger partial charge >= 0.3 is 6.36 Å². The lowest BCUT2D eigenvalue weighted by Gasteiger charge is -2.14. The van der Waals surface area contributed by atoms with E-state index in [1.165, 1.54) is 0 Å². The number of aldehydes is 2. The van der Waals surface area contributed by atoms with Gasteiger partial charge in [-0.1, -0.05) is 0 Å². The highest BCUT2D eigenvalue weighted by molar-refractivity contribution is 5.86. The van der Waals surface area contributed by atoms with Crippen LogP contribution in [0.1, 0.15) is 32.7 Å². The topological polar surface area (TPSA) is 43.4 Å². The van der Waals surface area contributed by atoms with Crippen LogP contribution >= 0.6 is 0 Å². The minimum Gasteiger partial charge on any atom is -0.405 e. The van der Waals surface area contributed by atoms with Crippen LogP contribution in [0.3, 0.4) is 0 Å². The van der Waals surface area contributed by atoms with Crippen molar-refractivity contribution in [2.45, 2.75) is 12.8 Å². The molecule has 0 spiro atoms. The summed E-state index contributed by atoms with van der Waals surface area (Å²) in [5, 5.41) is 0. The van der Waals surface area contributed by atoms with Gasteiger partial charge in [-0.3, -0.25) is 9.59 Å². The van der Waals surface area contributed by atoms with Crippen molar-refractivity contribution in [3.05, 3.63) is 28.8 Å². The number of carbonyl (C=O) groups excluding carboxylic acids is 2. The third-order valence-corrected chi connectivity index (χ3v) is 1.91. The highest BCUT2D eigenvalue weighted by Crippen LogP contribution is 2.33. The molecule has 18 heavy (non-hydrogen) atoms. The van der Waals surface area contributed by atoms with E-state index in [4.69, 9.17) is 0 Å². The zero-order chi connectivity index (χ0) is 13.9. The molecule has 0 aliphatic heterocycles. The predicted octanol–water partition coefficient (Wildman–Crippen LogP) is 3.15. The Morgan fingerprint density at radius 1 is 1.11 bits per heavy atom. The first kappa shape index (κ1) is 14.1. The van der Waals surface area contributed by atoms with E-state index >= 15 is 0 Å². The molecular formula is C10H5F5O3. The number of rotatable bonds is 4. The van der Waals surface area contributed by atoms with Crippen molar-refractivity contribution in [1.29, 1.82) is 0 Å². The Morgan fingerprint density at radius 2 is 1.72 bits per heavy atom. The number of alkyl halides is 5. The second-order valence-electron chi connectivity index (χ2n) is 3.11. The minimum absolute atomic E-state index is 0.0731. The van der Waals surface area contributed by atoms with Crippen LogP contribution in [0.4, 0.5) is 22.0 Å². The molecule has 0 saturated heterocycles. The largest absolute Gasteiger partial charge is 0.573 e. The number of benzene rings is 1. The van der Waals surface area contributed by atoms with Crippen LogP contribution in [0, 0.1) is 0 Å². The van der Waals surface area contributed by atoms with Crippen molar-refractivity contribution >= 4 is 12.6 Å². The van der Waals surface area contributed by atoms with Crippen LogP contribution in [0.2, 0.25) is 0 Å². The predicted molar refractivity (Wildman–Crippen MR) is 48.9 cm³/mol. The summed E-state index contributed by atoms with van der Waals surface area (Å²) in [5.41, 5.74) is -2.38. The van der Waals surface area contributed by atoms with Gasteiger partial charge in [-0.05, 0) is 12.1 Å². The Kier molecular flexibility index (Phi) is 4.00. The Labute approximate surface area is 97.2 Å². The van der Waals surface area contributed by atoms with E-state index in [1.807, 2.05) is 0 Å². The molecule has 8 heteroatoms. The van der Waals surface area contributed by atoms with Crippen molar-refractivity contribution in [1.82, 2.24) is 0 Å². The van der Waals surface area contributed by atoms with Gasteiger partial charge in [-0.15, -0.1) is 13.2 Å². The fourth-order valence-electron chi connectivity index (χ4n) is 1.25. The third kappa shape index (κ3) is 3.25. The molecule has 0 heterocycles. The number of carbonyl (C=O) groups is 2. The minimum atomic E-state index is -5.15. The molecule has 1 aromatic rings. The molecule has 3 nitrogen and oxygen atoms in total. The molecule has 0 atom stereocenters. The zero-order valence-electron chi connectivity index (χ0n) is 8.50. The van der Waals surface area contributed by atoms with Gasteiger partial charge in [-0.25, -0.2) is 8.78 Å². The molecule has 0 bridgehead atoms. The van der Waals surface area contributed by atoms with E-state index in [-0.39, 0.29) is 12.6 Å². The summed E-state index contributed by atoms with van der Waals surface area (Å²) >= 11 is 0. The number of ether oxygens (including phenoxy) is 1. The fourth-order valence-corrected chi connectivity index (χ4v) is 1.25. The van der Waals surface area contributed by atoms with Crippen LogP contribution in [-0.4, -0.2) is 18.9 Å². The fraction of sp³-hybridized carbons (Fsp3) is 0.200. The van der Waals surface area contributed by atoms with E-state index in [0.29, 0.717) is 12.1 Å². The van der Waals surface area contributed by atoms with Crippen molar-refractivity contribution in [2.75, 3.05) is 0 Å². The first-order chi connectivity index (χ1) is 8.28. The third-order valence-electron chi connectivity index (χ3n) is 1.91. The molecule has 0 aliphatic carbocycles. The van der Waals surface area contributed by atoms with Crippen LogP contribution in [0.5, 0.6) is 5.75 Å². The average molecular weight is 268 g/mol. The van der Waals surface area contributed by atoms with Gasteiger partial charge in [0.1, 0.15) is 12.0 Å². The van der Waals surface area contributed by atoms with Crippen molar-refractivity contribution < 1.29 is 36.3 Å². The maximum absolute atomic E-state index is 12.5. The lowest BCUT2D eigenvalue weighted by atomic mass is 10.0. The second-order valence-corrected chi connectivity index (χ2v) is 3.11. The summed E-state index contributed by atoms with van der Waals surface area (Å²) in [6.45, 7) is 0. The summed E-state index contributed by atoms with van der Waals surface area (Å²) in [4.78, 5) is 21.0. The molecule has 0 aromatic heterocycles. The normalized spacial score (nSPS) is 11.4. The number of hydrogen-bond donors (Lipinski definition) is 0. The Morgan fingerprint density at radius 3 is 2.11 bits per heavy atom. The van der Waals surface area contributed by atoms with Gasteiger partial charge in [0, 0.05) is 11.1 Å². The van der Waals surface area contributed by atoms with E-state index in [9.17, 15) is 31.5 Å². The molecule has 0 radical (unpaired) electrons. The Hall–Kier alpha value is -1.99. The molecular weight excluding hydrogens is 263 g/mol. The van der Waals surface area contributed by atoms with E-state index in [0.717, 1.165) is 0 Å². The van der Waals surface area contributed by atoms with E-state index in [1.54, 1.807) is 0 Å². The summed E-state index contributed by atoms with van der Waals surface area (Å²) in [7, 11) is 0. The summed E-state index contributed by atoms with van der Waals surface area (Å²) in [6.07, 6.45) is -8.47. The monoisotopic (exact) mass is 268 g/mol. The van der Waals surface area contributed by atoms with Gasteiger partial charge in [0.05, 0.1) is 5.56 Å². The maximum Gasteiger partial charge on any atom is 0.573 e. The average Bonchev–Trinajstić information content (AvgIpc) is 2.25. The lowest BCUT2D eigenvalue weighted by Crippen LogP contribution is -2.19. The SMILES string of the molecule is O=Cc1cc(OC(F)(F)F)c(C=O)c(C(F)F)c1. The first-order valence-electron chi connectivity index (χ1n) is 4.40. The van der Waals surface area contributed by atoms with Crippen molar-refractivity contribution in [3.63, 3.8) is 0 Å². The van der Waals surface area contributed by atoms with E-state index < -0.39 is 35.2 Å². The Bertz CT molecular complexity index is 467. The van der Waals surface area contributed by atoms with Gasteiger partial charge < -0.3 is 4.74 Å². The molecule has 0 fully saturated rings. The van der Waals surface area contributed by atoms with E-state index in [2.05, 4.69) is 4.74 Å². The first-order valence-corrected chi connectivity index (χ1v) is 4.40. The van der Waals surface area contributed by atoms with Crippen LogP contribution < -0.4 is 4.74 Å². The standard InChI is InChI=1S/C10H5F5O3/c11-9(12)6-1-5(3-16)2-8(7(6)4-17)18-10(13,14)15/h1-4,9H. The number of hydrogen-bond acceptors (Lipinski definition) is 3. The van der Waals surface area contributed by atoms with Gasteiger partial charge in [0.25, 0.3) is 6.43 Å². The molecule has 1 aromatic carbocycles. The Balaban J connectivity index is 3.42. The van der Waals surface area contributed by atoms with Gasteiger partial charge in [-0.2, -0.15) is 0 Å². The molecule has 0 unspecified atom stereocenters. The quantitative estimate of drug-likeness (QED) is 0.622. The molecule has 0 N–H and O–H groups in total. The van der Waals surface area contributed by atoms with Gasteiger partial charge in [0.15, 0.2) is 6.29 Å². The highest BCUT2D eigenvalue weighted by Gasteiger charge is 2.33. The summed E-state index contributed by atoms with van der Waals surface area (Å²) in [5.74, 6) is -1.13. The number of halogens is 5. The summed E-state index contributed by atoms with van der Waals surface area (Å²) < 4.78 is 64.5.